The minimum atomic E-state index is -0.392. The average Bonchev–Trinajstić information content (AvgIpc) is 3.13. The van der Waals surface area contributed by atoms with Crippen molar-refractivity contribution >= 4 is 28.2 Å². The Hall–Kier alpha value is -2.60. The monoisotopic (exact) mass is 371 g/mol. The van der Waals surface area contributed by atoms with Gasteiger partial charge in [0, 0.05) is 37.0 Å². The first-order valence-electron chi connectivity index (χ1n) is 8.35. The van der Waals surface area contributed by atoms with E-state index in [2.05, 4.69) is 0 Å². The molecule has 0 aliphatic heterocycles. The topological polar surface area (TPSA) is 59.8 Å². The first-order valence-corrected chi connectivity index (χ1v) is 9.29. The summed E-state index contributed by atoms with van der Waals surface area (Å²) in [5.41, 5.74) is 2.63. The molecule has 3 aromatic rings. The van der Waals surface area contributed by atoms with Gasteiger partial charge in [-0.05, 0) is 53.4 Å². The van der Waals surface area contributed by atoms with E-state index in [0.29, 0.717) is 29.9 Å². The predicted molar refractivity (Wildman–Crippen MR) is 103 cm³/mol. The molecule has 2 aromatic heterocycles. The molecule has 0 bridgehead atoms. The number of fused-ring (bicyclic) bond motifs is 1. The Bertz CT molecular complexity index is 975. The Kier molecular flexibility index (Phi) is 5.42. The van der Waals surface area contributed by atoms with Crippen LogP contribution < -0.4 is 10.4 Å². The highest BCUT2D eigenvalue weighted by atomic mass is 32.1. The van der Waals surface area contributed by atoms with E-state index >= 15 is 0 Å². The van der Waals surface area contributed by atoms with Crippen molar-refractivity contribution in [1.82, 2.24) is 4.90 Å². The molecule has 26 heavy (non-hydrogen) atoms. The molecule has 1 aromatic carbocycles. The molecular weight excluding hydrogens is 350 g/mol. The smallest absolute Gasteiger partial charge is 0.339 e. The van der Waals surface area contributed by atoms with Crippen molar-refractivity contribution in [3.8, 4) is 5.75 Å². The number of thiophene rings is 1. The van der Waals surface area contributed by atoms with E-state index in [-0.39, 0.29) is 12.3 Å². The third-order valence-corrected chi connectivity index (χ3v) is 5.24. The number of carbonyl (C=O) groups is 1. The summed E-state index contributed by atoms with van der Waals surface area (Å²) in [7, 11) is 3.35. The molecule has 3 rings (SSSR count). The Morgan fingerprint density at radius 3 is 2.81 bits per heavy atom. The van der Waals surface area contributed by atoms with E-state index < -0.39 is 5.63 Å². The van der Waals surface area contributed by atoms with Crippen LogP contribution in [0.15, 0.2) is 44.2 Å². The van der Waals surface area contributed by atoms with E-state index in [1.807, 2.05) is 35.9 Å². The molecule has 0 saturated heterocycles. The molecular formula is C20H21NO4S. The molecule has 0 atom stereocenters. The fourth-order valence-corrected chi connectivity index (χ4v) is 3.62. The highest BCUT2D eigenvalue weighted by Crippen LogP contribution is 2.24. The lowest BCUT2D eigenvalue weighted by molar-refractivity contribution is -0.130. The molecule has 1 amide bonds. The average molecular weight is 371 g/mol. The molecule has 2 heterocycles. The zero-order valence-electron chi connectivity index (χ0n) is 15.1. The Morgan fingerprint density at radius 1 is 1.31 bits per heavy atom. The lowest BCUT2D eigenvalue weighted by Crippen LogP contribution is -2.27. The van der Waals surface area contributed by atoms with Gasteiger partial charge in [0.25, 0.3) is 0 Å². The van der Waals surface area contributed by atoms with E-state index in [1.165, 1.54) is 0 Å². The van der Waals surface area contributed by atoms with Gasteiger partial charge in [-0.15, -0.1) is 0 Å². The van der Waals surface area contributed by atoms with Crippen LogP contribution in [0.5, 0.6) is 5.75 Å². The van der Waals surface area contributed by atoms with Gasteiger partial charge in [-0.3, -0.25) is 4.79 Å². The first kappa shape index (κ1) is 18.2. The maximum absolute atomic E-state index is 12.4. The molecule has 136 valence electrons. The SMILES string of the molecule is COc1ccc2c(C)c(CCC(=O)N(C)Cc3ccsc3)c(=O)oc2c1. The number of hydrogen-bond donors (Lipinski definition) is 0. The molecule has 6 heteroatoms. The van der Waals surface area contributed by atoms with Crippen molar-refractivity contribution in [2.45, 2.75) is 26.3 Å². The van der Waals surface area contributed by atoms with Crippen molar-refractivity contribution in [3.63, 3.8) is 0 Å². The summed E-state index contributed by atoms with van der Waals surface area (Å²) in [6.45, 7) is 2.47. The van der Waals surface area contributed by atoms with Crippen molar-refractivity contribution in [2.75, 3.05) is 14.2 Å². The Balaban J connectivity index is 1.76. The summed E-state index contributed by atoms with van der Waals surface area (Å²) in [5.74, 6) is 0.642. The normalized spacial score (nSPS) is 10.9. The van der Waals surface area contributed by atoms with E-state index in [0.717, 1.165) is 16.5 Å². The minimum absolute atomic E-state index is 0.00447. The third-order valence-electron chi connectivity index (χ3n) is 4.51. The highest BCUT2D eigenvalue weighted by molar-refractivity contribution is 7.07. The maximum atomic E-state index is 12.4. The van der Waals surface area contributed by atoms with Crippen molar-refractivity contribution in [3.05, 3.63) is 62.1 Å². The lowest BCUT2D eigenvalue weighted by atomic mass is 10.0. The number of rotatable bonds is 6. The van der Waals surface area contributed by atoms with Crippen LogP contribution in [0.3, 0.4) is 0 Å². The number of carbonyl (C=O) groups excluding carboxylic acids is 1. The third kappa shape index (κ3) is 3.80. The Labute approximate surface area is 155 Å². The molecule has 0 radical (unpaired) electrons. The molecule has 0 N–H and O–H groups in total. The van der Waals surface area contributed by atoms with Gasteiger partial charge >= 0.3 is 5.63 Å². The van der Waals surface area contributed by atoms with Gasteiger partial charge in [-0.1, -0.05) is 0 Å². The number of ether oxygens (including phenoxy) is 1. The lowest BCUT2D eigenvalue weighted by Gasteiger charge is -2.16. The largest absolute Gasteiger partial charge is 0.497 e. The molecule has 0 spiro atoms. The number of benzene rings is 1. The molecule has 0 fully saturated rings. The van der Waals surface area contributed by atoms with Crippen LogP contribution in [-0.4, -0.2) is 25.0 Å². The van der Waals surface area contributed by atoms with Crippen LogP contribution in [0.4, 0.5) is 0 Å². The van der Waals surface area contributed by atoms with Crippen LogP contribution in [0.25, 0.3) is 11.0 Å². The fraction of sp³-hybridized carbons (Fsp3) is 0.300. The van der Waals surface area contributed by atoms with Crippen molar-refractivity contribution < 1.29 is 13.9 Å². The Morgan fingerprint density at radius 2 is 2.12 bits per heavy atom. The quantitative estimate of drug-likeness (QED) is 0.619. The minimum Gasteiger partial charge on any atom is -0.497 e. The van der Waals surface area contributed by atoms with E-state index in [4.69, 9.17) is 9.15 Å². The van der Waals surface area contributed by atoms with Crippen LogP contribution >= 0.6 is 11.3 Å². The molecule has 0 aliphatic carbocycles. The summed E-state index contributed by atoms with van der Waals surface area (Å²) < 4.78 is 10.6. The van der Waals surface area contributed by atoms with Crippen LogP contribution in [0, 0.1) is 6.92 Å². The number of amides is 1. The van der Waals surface area contributed by atoms with Gasteiger partial charge in [0.2, 0.25) is 5.91 Å². The van der Waals surface area contributed by atoms with Crippen molar-refractivity contribution in [1.29, 1.82) is 0 Å². The van der Waals surface area contributed by atoms with E-state index in [1.54, 1.807) is 36.5 Å². The maximum Gasteiger partial charge on any atom is 0.339 e. The summed E-state index contributed by atoms with van der Waals surface area (Å²) in [4.78, 5) is 26.4. The second-order valence-electron chi connectivity index (χ2n) is 6.24. The van der Waals surface area contributed by atoms with Crippen molar-refractivity contribution in [2.24, 2.45) is 0 Å². The van der Waals surface area contributed by atoms with Gasteiger partial charge in [-0.25, -0.2) is 4.79 Å². The second-order valence-corrected chi connectivity index (χ2v) is 7.02. The fourth-order valence-electron chi connectivity index (χ4n) is 2.96. The van der Waals surface area contributed by atoms with Gasteiger partial charge < -0.3 is 14.1 Å². The molecule has 0 aliphatic rings. The number of methoxy groups -OCH3 is 1. The molecule has 0 unspecified atom stereocenters. The summed E-state index contributed by atoms with van der Waals surface area (Å²) >= 11 is 1.61. The van der Waals surface area contributed by atoms with E-state index in [9.17, 15) is 9.59 Å². The van der Waals surface area contributed by atoms with Crippen LogP contribution in [0.1, 0.15) is 23.1 Å². The summed E-state index contributed by atoms with van der Waals surface area (Å²) in [5, 5.41) is 4.88. The summed E-state index contributed by atoms with van der Waals surface area (Å²) in [6, 6.07) is 7.41. The molecule has 5 nitrogen and oxygen atoms in total. The highest BCUT2D eigenvalue weighted by Gasteiger charge is 2.15. The standard InChI is InChI=1S/C20H21NO4S/c1-13-16-5-4-15(24-3)10-18(16)25-20(23)17(13)6-7-19(22)21(2)11-14-8-9-26-12-14/h4-5,8-10,12H,6-7,11H2,1-3H3. The van der Waals surface area contributed by atoms with Gasteiger partial charge in [0.15, 0.2) is 0 Å². The summed E-state index contributed by atoms with van der Waals surface area (Å²) in [6.07, 6.45) is 0.636. The molecule has 0 saturated carbocycles. The first-order chi connectivity index (χ1) is 12.5. The number of nitrogens with zero attached hydrogens (tertiary/aromatic N) is 1. The number of hydrogen-bond acceptors (Lipinski definition) is 5. The van der Waals surface area contributed by atoms with Gasteiger partial charge in [-0.2, -0.15) is 11.3 Å². The van der Waals surface area contributed by atoms with Crippen LogP contribution in [0.2, 0.25) is 0 Å². The van der Waals surface area contributed by atoms with Gasteiger partial charge in [0.1, 0.15) is 11.3 Å². The van der Waals surface area contributed by atoms with Crippen LogP contribution in [-0.2, 0) is 17.8 Å². The zero-order valence-corrected chi connectivity index (χ0v) is 15.9. The number of aryl methyl sites for hydroxylation is 1. The predicted octanol–water partition coefficient (Wildman–Crippen LogP) is 3.76. The van der Waals surface area contributed by atoms with Gasteiger partial charge in [0.05, 0.1) is 7.11 Å². The zero-order chi connectivity index (χ0) is 18.7. The second kappa shape index (κ2) is 7.74.